The number of amides is 2. The molecule has 1 aliphatic rings. The van der Waals surface area contributed by atoms with E-state index in [1.54, 1.807) is 25.7 Å². The van der Waals surface area contributed by atoms with E-state index in [4.69, 9.17) is 16.3 Å². The summed E-state index contributed by atoms with van der Waals surface area (Å²) in [6, 6.07) is 1.69. The van der Waals surface area contributed by atoms with Gasteiger partial charge in [-0.1, -0.05) is 11.6 Å². The molecule has 8 heteroatoms. The molecule has 2 N–H and O–H groups in total. The number of rotatable bonds is 2. The fourth-order valence-electron chi connectivity index (χ4n) is 2.54. The van der Waals surface area contributed by atoms with Crippen molar-refractivity contribution in [1.29, 1.82) is 0 Å². The van der Waals surface area contributed by atoms with Gasteiger partial charge in [-0.25, -0.2) is 9.18 Å². The van der Waals surface area contributed by atoms with E-state index in [1.807, 2.05) is 0 Å². The van der Waals surface area contributed by atoms with Crippen LogP contribution in [0, 0.1) is 5.82 Å². The highest BCUT2D eigenvalue weighted by Crippen LogP contribution is 2.28. The maximum atomic E-state index is 13.4. The molecule has 0 atom stereocenters. The summed E-state index contributed by atoms with van der Waals surface area (Å²) in [6.45, 7) is 6.28. The largest absolute Gasteiger partial charge is 0.506 e. The van der Waals surface area contributed by atoms with E-state index in [2.05, 4.69) is 5.32 Å². The Hall–Kier alpha value is -2.02. The zero-order valence-corrected chi connectivity index (χ0v) is 15.2. The number of aromatic hydroxyl groups is 1. The highest BCUT2D eigenvalue weighted by Gasteiger charge is 2.28. The molecule has 1 saturated heterocycles. The zero-order valence-electron chi connectivity index (χ0n) is 14.4. The number of benzene rings is 1. The number of likely N-dealkylation sites (tertiary alicyclic amines) is 1. The van der Waals surface area contributed by atoms with Gasteiger partial charge in [0, 0.05) is 19.1 Å². The zero-order chi connectivity index (χ0) is 18.8. The van der Waals surface area contributed by atoms with E-state index in [1.165, 1.54) is 0 Å². The van der Waals surface area contributed by atoms with Gasteiger partial charge in [0.15, 0.2) is 0 Å². The third-order valence-corrected chi connectivity index (χ3v) is 4.04. The molecule has 1 heterocycles. The number of halogens is 2. The highest BCUT2D eigenvalue weighted by atomic mass is 35.5. The molecular formula is C17H22ClFN2O4. The van der Waals surface area contributed by atoms with Crippen molar-refractivity contribution in [3.8, 4) is 5.75 Å². The van der Waals surface area contributed by atoms with Crippen molar-refractivity contribution in [2.45, 2.75) is 45.3 Å². The van der Waals surface area contributed by atoms with E-state index in [9.17, 15) is 19.1 Å². The monoisotopic (exact) mass is 372 g/mol. The highest BCUT2D eigenvalue weighted by molar-refractivity contribution is 6.32. The number of carbonyl (C=O) groups is 2. The number of nitrogens with one attached hydrogen (secondary N) is 1. The van der Waals surface area contributed by atoms with Crippen molar-refractivity contribution in [2.24, 2.45) is 0 Å². The molecule has 0 aliphatic carbocycles. The van der Waals surface area contributed by atoms with Crippen molar-refractivity contribution >= 4 is 23.6 Å². The lowest BCUT2D eigenvalue weighted by Crippen LogP contribution is -2.47. The lowest BCUT2D eigenvalue weighted by atomic mass is 10.0. The van der Waals surface area contributed by atoms with Gasteiger partial charge in [0.1, 0.15) is 17.2 Å². The van der Waals surface area contributed by atoms with Gasteiger partial charge in [0.05, 0.1) is 10.6 Å². The second-order valence-electron chi connectivity index (χ2n) is 7.00. The molecule has 2 amide bonds. The van der Waals surface area contributed by atoms with Crippen LogP contribution >= 0.6 is 11.6 Å². The first kappa shape index (κ1) is 19.3. The van der Waals surface area contributed by atoms with Gasteiger partial charge in [-0.05, 0) is 45.7 Å². The van der Waals surface area contributed by atoms with Crippen molar-refractivity contribution < 1.29 is 23.8 Å². The topological polar surface area (TPSA) is 78.9 Å². The minimum Gasteiger partial charge on any atom is -0.506 e. The van der Waals surface area contributed by atoms with Crippen LogP contribution in [-0.4, -0.2) is 46.7 Å². The first-order valence-electron chi connectivity index (χ1n) is 8.03. The molecule has 1 aromatic carbocycles. The second kappa shape index (κ2) is 7.47. The minimum atomic E-state index is -0.701. The van der Waals surface area contributed by atoms with Crippen LogP contribution in [0.25, 0.3) is 0 Å². The Morgan fingerprint density at radius 2 is 1.92 bits per heavy atom. The quantitative estimate of drug-likeness (QED) is 0.834. The van der Waals surface area contributed by atoms with Crippen molar-refractivity contribution in [1.82, 2.24) is 10.2 Å². The molecule has 1 aromatic rings. The summed E-state index contributed by atoms with van der Waals surface area (Å²) in [7, 11) is 0. The Morgan fingerprint density at radius 3 is 2.48 bits per heavy atom. The minimum absolute atomic E-state index is 0.187. The normalized spacial score (nSPS) is 15.8. The molecule has 0 unspecified atom stereocenters. The summed E-state index contributed by atoms with van der Waals surface area (Å²) in [5.41, 5.74) is -0.768. The van der Waals surface area contributed by atoms with Crippen LogP contribution in [0.3, 0.4) is 0 Å². The molecule has 6 nitrogen and oxygen atoms in total. The summed E-state index contributed by atoms with van der Waals surface area (Å²) in [5.74, 6) is -1.76. The van der Waals surface area contributed by atoms with E-state index in [-0.39, 0.29) is 22.7 Å². The van der Waals surface area contributed by atoms with Gasteiger partial charge in [-0.15, -0.1) is 0 Å². The Bertz CT molecular complexity index is 667. The molecule has 0 saturated carbocycles. The van der Waals surface area contributed by atoms with E-state index in [0.29, 0.717) is 25.9 Å². The summed E-state index contributed by atoms with van der Waals surface area (Å²) in [4.78, 5) is 25.8. The van der Waals surface area contributed by atoms with Gasteiger partial charge in [0.25, 0.3) is 5.91 Å². The third kappa shape index (κ3) is 5.22. The number of piperidine rings is 1. The summed E-state index contributed by atoms with van der Waals surface area (Å²) >= 11 is 5.68. The molecule has 0 aromatic heterocycles. The van der Waals surface area contributed by atoms with Crippen molar-refractivity contribution in [2.75, 3.05) is 13.1 Å². The molecule has 138 valence electrons. The first-order valence-corrected chi connectivity index (χ1v) is 8.41. The number of carbonyl (C=O) groups excluding carboxylic acids is 2. The van der Waals surface area contributed by atoms with Crippen LogP contribution < -0.4 is 5.32 Å². The lowest BCUT2D eigenvalue weighted by molar-refractivity contribution is 0.0199. The van der Waals surface area contributed by atoms with Gasteiger partial charge in [-0.2, -0.15) is 0 Å². The predicted octanol–water partition coefficient (Wildman–Crippen LogP) is 3.31. The van der Waals surface area contributed by atoms with Gasteiger partial charge >= 0.3 is 6.09 Å². The average molecular weight is 373 g/mol. The fraction of sp³-hybridized carbons (Fsp3) is 0.529. The predicted molar refractivity (Wildman–Crippen MR) is 91.4 cm³/mol. The van der Waals surface area contributed by atoms with Crippen molar-refractivity contribution in [3.63, 3.8) is 0 Å². The smallest absolute Gasteiger partial charge is 0.410 e. The molecule has 2 rings (SSSR count). The number of ether oxygens (including phenoxy) is 1. The summed E-state index contributed by atoms with van der Waals surface area (Å²) < 4.78 is 18.7. The van der Waals surface area contributed by atoms with Crippen LogP contribution in [-0.2, 0) is 4.74 Å². The van der Waals surface area contributed by atoms with E-state index in [0.717, 1.165) is 12.1 Å². The average Bonchev–Trinajstić information content (AvgIpc) is 2.49. The maximum absolute atomic E-state index is 13.4. The molecule has 0 radical (unpaired) electrons. The van der Waals surface area contributed by atoms with Crippen LogP contribution in [0.4, 0.5) is 9.18 Å². The number of hydrogen-bond acceptors (Lipinski definition) is 4. The van der Waals surface area contributed by atoms with Crippen molar-refractivity contribution in [3.05, 3.63) is 28.5 Å². The SMILES string of the molecule is CC(C)(C)OC(=O)N1CCC(NC(=O)c2cc(F)cc(Cl)c2O)CC1. The van der Waals surface area contributed by atoms with Crippen LogP contribution in [0.1, 0.15) is 44.0 Å². The molecule has 0 spiro atoms. The van der Waals surface area contributed by atoms with E-state index >= 15 is 0 Å². The molecule has 25 heavy (non-hydrogen) atoms. The Balaban J connectivity index is 1.92. The van der Waals surface area contributed by atoms with Crippen LogP contribution in [0.15, 0.2) is 12.1 Å². The molecular weight excluding hydrogens is 351 g/mol. The number of nitrogens with zero attached hydrogens (tertiary/aromatic N) is 1. The van der Waals surface area contributed by atoms with Crippen LogP contribution in [0.2, 0.25) is 5.02 Å². The number of hydrogen-bond donors (Lipinski definition) is 2. The fourth-order valence-corrected chi connectivity index (χ4v) is 2.74. The number of phenols is 1. The van der Waals surface area contributed by atoms with Crippen LogP contribution in [0.5, 0.6) is 5.75 Å². The summed E-state index contributed by atoms with van der Waals surface area (Å²) in [5, 5.41) is 12.3. The Morgan fingerprint density at radius 1 is 1.32 bits per heavy atom. The third-order valence-electron chi connectivity index (χ3n) is 3.75. The molecule has 1 aliphatic heterocycles. The Kier molecular flexibility index (Phi) is 5.77. The van der Waals surface area contributed by atoms with Gasteiger partial charge in [-0.3, -0.25) is 4.79 Å². The van der Waals surface area contributed by atoms with Gasteiger partial charge < -0.3 is 20.1 Å². The molecule has 0 bridgehead atoms. The maximum Gasteiger partial charge on any atom is 0.410 e. The summed E-state index contributed by atoms with van der Waals surface area (Å²) in [6.07, 6.45) is 0.690. The standard InChI is InChI=1S/C17H22ClFN2O4/c1-17(2,3)25-16(24)21-6-4-11(5-7-21)20-15(23)12-8-10(19)9-13(18)14(12)22/h8-9,11,22H,4-7H2,1-3H3,(H,20,23). The van der Waals surface area contributed by atoms with Gasteiger partial charge in [0.2, 0.25) is 0 Å². The molecule has 1 fully saturated rings. The first-order chi connectivity index (χ1) is 11.6. The lowest BCUT2D eigenvalue weighted by Gasteiger charge is -2.33. The van der Waals surface area contributed by atoms with E-state index < -0.39 is 23.1 Å². The Labute approximate surface area is 150 Å². The second-order valence-corrected chi connectivity index (χ2v) is 7.41. The number of phenolic OH excluding ortho intramolecular Hbond substituents is 1.